The summed E-state index contributed by atoms with van der Waals surface area (Å²) < 4.78 is 11.3. The van der Waals surface area contributed by atoms with Crippen molar-refractivity contribution in [3.05, 3.63) is 0 Å². The summed E-state index contributed by atoms with van der Waals surface area (Å²) in [5.41, 5.74) is 0.616. The third-order valence-electron chi connectivity index (χ3n) is 9.88. The molecule has 0 saturated heterocycles. The fourth-order valence-electron chi connectivity index (χ4n) is 8.73. The zero-order valence-corrected chi connectivity index (χ0v) is 20.9. The van der Waals surface area contributed by atoms with Gasteiger partial charge in [0.2, 0.25) is 0 Å². The van der Waals surface area contributed by atoms with Crippen molar-refractivity contribution in [1.82, 2.24) is 0 Å². The van der Waals surface area contributed by atoms with Gasteiger partial charge in [0.25, 0.3) is 0 Å². The molecule has 10 atom stereocenters. The molecule has 0 aromatic carbocycles. The molecule has 0 aromatic heterocycles. The fourth-order valence-corrected chi connectivity index (χ4v) is 10.2. The second-order valence-electron chi connectivity index (χ2n) is 11.3. The van der Waals surface area contributed by atoms with E-state index in [1.807, 2.05) is 0 Å². The normalized spacial score (nSPS) is 48.7. The van der Waals surface area contributed by atoms with Crippen LogP contribution in [0.25, 0.3) is 0 Å². The van der Waals surface area contributed by atoms with Crippen LogP contribution in [-0.4, -0.2) is 29.0 Å². The van der Waals surface area contributed by atoms with Crippen molar-refractivity contribution in [2.75, 3.05) is 0 Å². The molecule has 4 nitrogen and oxygen atoms in total. The van der Waals surface area contributed by atoms with Crippen LogP contribution in [0.1, 0.15) is 86.0 Å². The fraction of sp³-hybridized carbons (Fsp3) is 0.920. The lowest BCUT2D eigenvalue weighted by Crippen LogP contribution is -2.54. The van der Waals surface area contributed by atoms with Crippen molar-refractivity contribution in [3.63, 3.8) is 0 Å². The molecular formula is C25H39BrO4. The quantitative estimate of drug-likeness (QED) is 0.370. The Kier molecular flexibility index (Phi) is 6.09. The first kappa shape index (κ1) is 22.6. The number of hydrogen-bond acceptors (Lipinski definition) is 4. The summed E-state index contributed by atoms with van der Waals surface area (Å²) in [5.74, 6) is 3.01. The van der Waals surface area contributed by atoms with Gasteiger partial charge in [-0.15, -0.1) is 0 Å². The molecule has 0 aromatic rings. The van der Waals surface area contributed by atoms with Gasteiger partial charge in [-0.1, -0.05) is 29.8 Å². The number of carbonyl (C=O) groups is 2. The maximum atomic E-state index is 11.6. The molecule has 4 aliphatic rings. The predicted octanol–water partition coefficient (Wildman–Crippen LogP) is 5.90. The Hall–Kier alpha value is -0.580. The molecule has 0 N–H and O–H groups in total. The first-order valence-electron chi connectivity index (χ1n) is 12.0. The van der Waals surface area contributed by atoms with Crippen molar-refractivity contribution >= 4 is 27.9 Å². The molecule has 0 amide bonds. The average molecular weight is 483 g/mol. The van der Waals surface area contributed by atoms with Gasteiger partial charge in [-0.2, -0.15) is 0 Å². The highest BCUT2D eigenvalue weighted by Crippen LogP contribution is 2.68. The molecule has 4 saturated carbocycles. The number of hydrogen-bond donors (Lipinski definition) is 0. The zero-order valence-electron chi connectivity index (χ0n) is 19.3. The van der Waals surface area contributed by atoms with Gasteiger partial charge < -0.3 is 9.47 Å². The van der Waals surface area contributed by atoms with E-state index in [0.717, 1.165) is 24.7 Å². The van der Waals surface area contributed by atoms with Crippen LogP contribution < -0.4 is 0 Å². The molecule has 30 heavy (non-hydrogen) atoms. The Balaban J connectivity index is 1.53. The largest absolute Gasteiger partial charge is 0.463 e. The Morgan fingerprint density at radius 3 is 2.30 bits per heavy atom. The molecular weight excluding hydrogens is 444 g/mol. The average Bonchev–Trinajstić information content (AvgIpc) is 2.91. The van der Waals surface area contributed by atoms with Gasteiger partial charge in [-0.05, 0) is 92.8 Å². The minimum Gasteiger partial charge on any atom is -0.463 e. The van der Waals surface area contributed by atoms with E-state index in [9.17, 15) is 9.59 Å². The van der Waals surface area contributed by atoms with Crippen molar-refractivity contribution < 1.29 is 19.1 Å². The number of halogens is 1. The van der Waals surface area contributed by atoms with Gasteiger partial charge in [0.1, 0.15) is 12.2 Å². The van der Waals surface area contributed by atoms with Crippen LogP contribution >= 0.6 is 15.9 Å². The summed E-state index contributed by atoms with van der Waals surface area (Å²) in [5, 5.41) is 0. The van der Waals surface area contributed by atoms with Crippen LogP contribution in [0, 0.1) is 40.4 Å². The van der Waals surface area contributed by atoms with Gasteiger partial charge in [0.05, 0.1) is 0 Å². The monoisotopic (exact) mass is 482 g/mol. The van der Waals surface area contributed by atoms with E-state index in [4.69, 9.17) is 9.47 Å². The van der Waals surface area contributed by atoms with E-state index in [-0.39, 0.29) is 29.6 Å². The summed E-state index contributed by atoms with van der Waals surface area (Å²) in [4.78, 5) is 23.5. The van der Waals surface area contributed by atoms with E-state index in [0.29, 0.717) is 28.0 Å². The Labute approximate surface area is 190 Å². The second kappa shape index (κ2) is 8.08. The van der Waals surface area contributed by atoms with Crippen LogP contribution in [0.15, 0.2) is 0 Å². The lowest BCUT2D eigenvalue weighted by atomic mass is 9.44. The number of esters is 2. The highest BCUT2D eigenvalue weighted by molar-refractivity contribution is 9.09. The van der Waals surface area contributed by atoms with E-state index < -0.39 is 0 Å². The van der Waals surface area contributed by atoms with Gasteiger partial charge in [-0.25, -0.2) is 0 Å². The molecule has 170 valence electrons. The van der Waals surface area contributed by atoms with Crippen LogP contribution in [0.5, 0.6) is 0 Å². The summed E-state index contributed by atoms with van der Waals surface area (Å²) in [6.45, 7) is 10.2. The molecule has 0 spiro atoms. The molecule has 0 aliphatic heterocycles. The van der Waals surface area contributed by atoms with Crippen LogP contribution in [0.4, 0.5) is 0 Å². The van der Waals surface area contributed by atoms with Crippen LogP contribution in [-0.2, 0) is 19.1 Å². The summed E-state index contributed by atoms with van der Waals surface area (Å²) >= 11 is 4.01. The third kappa shape index (κ3) is 3.65. The highest BCUT2D eigenvalue weighted by Gasteiger charge is 2.63. The Bertz CT molecular complexity index is 695. The Morgan fingerprint density at radius 2 is 1.63 bits per heavy atom. The lowest BCUT2D eigenvalue weighted by molar-refractivity contribution is -0.164. The van der Waals surface area contributed by atoms with Crippen LogP contribution in [0.2, 0.25) is 0 Å². The summed E-state index contributed by atoms with van der Waals surface area (Å²) in [7, 11) is 0. The van der Waals surface area contributed by atoms with Gasteiger partial charge >= 0.3 is 11.9 Å². The topological polar surface area (TPSA) is 52.6 Å². The molecule has 4 fully saturated rings. The first-order chi connectivity index (χ1) is 14.1. The molecule has 4 aliphatic carbocycles. The molecule has 0 bridgehead atoms. The van der Waals surface area contributed by atoms with Gasteiger partial charge in [0.15, 0.2) is 0 Å². The van der Waals surface area contributed by atoms with Crippen molar-refractivity contribution in [2.45, 2.75) is 103 Å². The van der Waals surface area contributed by atoms with E-state index in [2.05, 4.69) is 36.7 Å². The number of fused-ring (bicyclic) bond motifs is 5. The van der Waals surface area contributed by atoms with Crippen LogP contribution in [0.3, 0.4) is 0 Å². The third-order valence-corrected chi connectivity index (χ3v) is 10.8. The minimum absolute atomic E-state index is 0.0375. The minimum atomic E-state index is -0.166. The number of rotatable bonds is 3. The SMILES string of the molecule is CC(=O)O[C@H]1CC[C@@]2(C)C(CC[C@H]3[C@@H]4C[C@@H](Br)[C@H]([C@H](C)OC(C)=O)[C@@]4(C)CC[C@@H]32)C1. The van der Waals surface area contributed by atoms with Gasteiger partial charge in [0, 0.05) is 24.6 Å². The number of carbonyl (C=O) groups excluding carboxylic acids is 2. The summed E-state index contributed by atoms with van der Waals surface area (Å²) in [6.07, 6.45) is 9.61. The standard InChI is InChI=1S/C25H39BrO4/c1-14(29-15(2)27)23-22(26)13-21-19-7-6-17-12-18(30-16(3)28)8-10-24(17,4)20(19)9-11-25(21,23)5/h14,17-23H,6-13H2,1-5H3/t14-,17?,18-,19+,20-,21-,22+,23-,24-,25-/m0/s1. The zero-order chi connectivity index (χ0) is 21.8. The second-order valence-corrected chi connectivity index (χ2v) is 12.5. The van der Waals surface area contributed by atoms with E-state index in [1.54, 1.807) is 0 Å². The molecule has 5 heteroatoms. The number of alkyl halides is 1. The van der Waals surface area contributed by atoms with Crippen molar-refractivity contribution in [3.8, 4) is 0 Å². The van der Waals surface area contributed by atoms with Crippen molar-refractivity contribution in [1.29, 1.82) is 0 Å². The lowest BCUT2D eigenvalue weighted by Gasteiger charge is -2.61. The molecule has 4 rings (SSSR count). The number of ether oxygens (including phenoxy) is 2. The maximum absolute atomic E-state index is 11.6. The predicted molar refractivity (Wildman–Crippen MR) is 120 cm³/mol. The Morgan fingerprint density at radius 1 is 0.933 bits per heavy atom. The maximum Gasteiger partial charge on any atom is 0.302 e. The van der Waals surface area contributed by atoms with E-state index >= 15 is 0 Å². The molecule has 1 unspecified atom stereocenters. The molecule has 0 radical (unpaired) electrons. The van der Waals surface area contributed by atoms with E-state index in [1.165, 1.54) is 52.4 Å². The molecule has 0 heterocycles. The summed E-state index contributed by atoms with van der Waals surface area (Å²) in [6, 6.07) is 0. The highest BCUT2D eigenvalue weighted by atomic mass is 79.9. The smallest absolute Gasteiger partial charge is 0.302 e. The van der Waals surface area contributed by atoms with Crippen molar-refractivity contribution in [2.24, 2.45) is 40.4 Å². The first-order valence-corrected chi connectivity index (χ1v) is 13.0. The van der Waals surface area contributed by atoms with Gasteiger partial charge in [-0.3, -0.25) is 9.59 Å².